The molecule has 0 bridgehead atoms. The predicted octanol–water partition coefficient (Wildman–Crippen LogP) is 1.18. The molecule has 2 aliphatic rings. The quantitative estimate of drug-likeness (QED) is 0.832. The maximum atomic E-state index is 12.6. The second-order valence-electron chi connectivity index (χ2n) is 5.66. The molecule has 6 nitrogen and oxygen atoms in total. The highest BCUT2D eigenvalue weighted by Crippen LogP contribution is 2.27. The molecule has 2 fully saturated rings. The molecule has 0 spiro atoms. The van der Waals surface area contributed by atoms with Crippen LogP contribution >= 0.6 is 11.8 Å². The zero-order chi connectivity index (χ0) is 15.5. The minimum Gasteiger partial charge on any atom is -0.467 e. The lowest BCUT2D eigenvalue weighted by Gasteiger charge is -2.28. The third-order valence-electron chi connectivity index (χ3n) is 4.08. The average molecular weight is 324 g/mol. The fourth-order valence-electron chi connectivity index (χ4n) is 2.80. The van der Waals surface area contributed by atoms with Gasteiger partial charge in [0.15, 0.2) is 0 Å². The van der Waals surface area contributed by atoms with Crippen molar-refractivity contribution < 1.29 is 18.7 Å². The molecule has 120 valence electrons. The Hall–Kier alpha value is -1.47. The first-order chi connectivity index (χ1) is 10.7. The summed E-state index contributed by atoms with van der Waals surface area (Å²) in [6.07, 6.45) is 2.35. The van der Waals surface area contributed by atoms with E-state index in [1.807, 2.05) is 6.07 Å². The van der Waals surface area contributed by atoms with Crippen LogP contribution in [0.3, 0.4) is 0 Å². The molecule has 0 aromatic carbocycles. The first-order valence-electron chi connectivity index (χ1n) is 7.40. The van der Waals surface area contributed by atoms with Gasteiger partial charge in [0.25, 0.3) is 0 Å². The number of nitrogens with zero attached hydrogens (tertiary/aromatic N) is 2. The van der Waals surface area contributed by atoms with E-state index in [2.05, 4.69) is 0 Å². The highest BCUT2D eigenvalue weighted by atomic mass is 32.2. The molecular weight excluding hydrogens is 304 g/mol. The van der Waals surface area contributed by atoms with Gasteiger partial charge in [-0.1, -0.05) is 0 Å². The highest BCUT2D eigenvalue weighted by molar-refractivity contribution is 7.99. The van der Waals surface area contributed by atoms with E-state index >= 15 is 0 Å². The van der Waals surface area contributed by atoms with Crippen LogP contribution in [0.15, 0.2) is 22.8 Å². The van der Waals surface area contributed by atoms with E-state index in [0.29, 0.717) is 31.4 Å². The van der Waals surface area contributed by atoms with Crippen LogP contribution in [-0.4, -0.2) is 59.5 Å². The van der Waals surface area contributed by atoms with Crippen molar-refractivity contribution >= 4 is 23.6 Å². The van der Waals surface area contributed by atoms with E-state index in [1.54, 1.807) is 40.9 Å². The Labute approximate surface area is 133 Å². The molecule has 3 rings (SSSR count). The summed E-state index contributed by atoms with van der Waals surface area (Å²) < 4.78 is 10.6. The number of ether oxygens (including phenoxy) is 1. The van der Waals surface area contributed by atoms with Crippen molar-refractivity contribution in [1.82, 2.24) is 9.80 Å². The maximum absolute atomic E-state index is 12.6. The van der Waals surface area contributed by atoms with E-state index in [9.17, 15) is 9.59 Å². The minimum absolute atomic E-state index is 0.0336. The first kappa shape index (κ1) is 15.4. The summed E-state index contributed by atoms with van der Waals surface area (Å²) in [7, 11) is 1.75. The Morgan fingerprint density at radius 3 is 3.05 bits per heavy atom. The summed E-state index contributed by atoms with van der Waals surface area (Å²) in [6, 6.07) is 3.26. The van der Waals surface area contributed by atoms with E-state index in [0.717, 1.165) is 12.2 Å². The number of amides is 2. The molecule has 3 heterocycles. The van der Waals surface area contributed by atoms with Crippen molar-refractivity contribution in [2.75, 3.05) is 31.9 Å². The molecule has 2 atom stereocenters. The highest BCUT2D eigenvalue weighted by Gasteiger charge is 2.39. The van der Waals surface area contributed by atoms with E-state index in [-0.39, 0.29) is 23.8 Å². The Bertz CT molecular complexity index is 528. The van der Waals surface area contributed by atoms with Gasteiger partial charge in [0.05, 0.1) is 31.2 Å². The van der Waals surface area contributed by atoms with Crippen LogP contribution in [0.1, 0.15) is 12.2 Å². The normalized spacial score (nSPS) is 24.7. The molecule has 0 saturated carbocycles. The molecule has 2 aliphatic heterocycles. The lowest BCUT2D eigenvalue weighted by molar-refractivity contribution is -0.145. The fraction of sp³-hybridized carbons (Fsp3) is 0.600. The molecule has 0 unspecified atom stereocenters. The molecule has 2 amide bonds. The van der Waals surface area contributed by atoms with Crippen LogP contribution in [0.4, 0.5) is 0 Å². The lowest BCUT2D eigenvalue weighted by Crippen LogP contribution is -2.49. The largest absolute Gasteiger partial charge is 0.467 e. The number of thioether (sulfide) groups is 1. The Morgan fingerprint density at radius 1 is 1.50 bits per heavy atom. The summed E-state index contributed by atoms with van der Waals surface area (Å²) in [5.41, 5.74) is 0. The van der Waals surface area contributed by atoms with Gasteiger partial charge >= 0.3 is 0 Å². The van der Waals surface area contributed by atoms with Crippen molar-refractivity contribution in [3.8, 4) is 0 Å². The van der Waals surface area contributed by atoms with Gasteiger partial charge in [-0.3, -0.25) is 9.59 Å². The zero-order valence-corrected chi connectivity index (χ0v) is 13.4. The molecule has 22 heavy (non-hydrogen) atoms. The van der Waals surface area contributed by atoms with E-state index in [4.69, 9.17) is 9.15 Å². The van der Waals surface area contributed by atoms with Crippen LogP contribution in [0.25, 0.3) is 0 Å². The van der Waals surface area contributed by atoms with Gasteiger partial charge in [0.2, 0.25) is 11.8 Å². The van der Waals surface area contributed by atoms with Crippen molar-refractivity contribution in [1.29, 1.82) is 0 Å². The predicted molar refractivity (Wildman–Crippen MR) is 82.1 cm³/mol. The van der Waals surface area contributed by atoms with Crippen LogP contribution in [0, 0.1) is 5.92 Å². The summed E-state index contributed by atoms with van der Waals surface area (Å²) in [6.45, 7) is 1.53. The van der Waals surface area contributed by atoms with Gasteiger partial charge in [-0.15, -0.1) is 11.8 Å². The standard InChI is InChI=1S/C15H20N2O4S/c1-16(7-12-3-2-5-21-12)15(19)13-9-22-10-17(13)14(18)11-4-6-20-8-11/h2-3,5,11,13H,4,6-10H2,1H3/t11-,13-/m1/s1. The monoisotopic (exact) mass is 324 g/mol. The number of furan rings is 1. The Kier molecular flexibility index (Phi) is 4.73. The third kappa shape index (κ3) is 3.15. The number of carbonyl (C=O) groups is 2. The van der Waals surface area contributed by atoms with Crippen LogP contribution in [0.5, 0.6) is 0 Å². The topological polar surface area (TPSA) is 63.0 Å². The molecule has 7 heteroatoms. The van der Waals surface area contributed by atoms with Gasteiger partial charge in [-0.25, -0.2) is 0 Å². The van der Waals surface area contributed by atoms with Crippen LogP contribution in [0.2, 0.25) is 0 Å². The Balaban J connectivity index is 1.64. The molecule has 0 aliphatic carbocycles. The van der Waals surface area contributed by atoms with E-state index < -0.39 is 0 Å². The second kappa shape index (κ2) is 6.75. The van der Waals surface area contributed by atoms with Crippen molar-refractivity contribution in [3.05, 3.63) is 24.2 Å². The molecule has 1 aromatic rings. The van der Waals surface area contributed by atoms with Crippen molar-refractivity contribution in [2.45, 2.75) is 19.0 Å². The van der Waals surface area contributed by atoms with Crippen molar-refractivity contribution in [3.63, 3.8) is 0 Å². The first-order valence-corrected chi connectivity index (χ1v) is 8.55. The SMILES string of the molecule is CN(Cc1ccco1)C(=O)[C@H]1CSCN1C(=O)[C@@H]1CCOC1. The van der Waals surface area contributed by atoms with Gasteiger partial charge in [0, 0.05) is 19.4 Å². The van der Waals surface area contributed by atoms with Crippen molar-refractivity contribution in [2.24, 2.45) is 5.92 Å². The zero-order valence-electron chi connectivity index (χ0n) is 12.6. The number of rotatable bonds is 4. The number of likely N-dealkylation sites (N-methyl/N-ethyl adjacent to an activating group) is 1. The Morgan fingerprint density at radius 2 is 2.36 bits per heavy atom. The summed E-state index contributed by atoms with van der Waals surface area (Å²) >= 11 is 1.62. The lowest BCUT2D eigenvalue weighted by atomic mass is 10.1. The molecule has 1 aromatic heterocycles. The molecule has 0 N–H and O–H groups in total. The summed E-state index contributed by atoms with van der Waals surface area (Å²) in [4.78, 5) is 28.5. The minimum atomic E-state index is -0.377. The average Bonchev–Trinajstić information content (AvgIpc) is 3.26. The van der Waals surface area contributed by atoms with Gasteiger partial charge < -0.3 is 19.0 Å². The molecular formula is C15H20N2O4S. The number of carbonyl (C=O) groups excluding carboxylic acids is 2. The fourth-order valence-corrected chi connectivity index (χ4v) is 3.95. The summed E-state index contributed by atoms with van der Waals surface area (Å²) in [5.74, 6) is 1.90. The number of hydrogen-bond donors (Lipinski definition) is 0. The summed E-state index contributed by atoms with van der Waals surface area (Å²) in [5, 5.41) is 0. The smallest absolute Gasteiger partial charge is 0.246 e. The maximum Gasteiger partial charge on any atom is 0.246 e. The third-order valence-corrected chi connectivity index (χ3v) is 5.09. The van der Waals surface area contributed by atoms with Crippen LogP contribution < -0.4 is 0 Å². The second-order valence-corrected chi connectivity index (χ2v) is 6.66. The number of hydrogen-bond acceptors (Lipinski definition) is 5. The van der Waals surface area contributed by atoms with Gasteiger partial charge in [-0.2, -0.15) is 0 Å². The molecule has 0 radical (unpaired) electrons. The van der Waals surface area contributed by atoms with Gasteiger partial charge in [-0.05, 0) is 18.6 Å². The molecule has 2 saturated heterocycles. The van der Waals surface area contributed by atoms with Gasteiger partial charge in [0.1, 0.15) is 11.8 Å². The van der Waals surface area contributed by atoms with Crippen LogP contribution in [-0.2, 0) is 20.9 Å². The van der Waals surface area contributed by atoms with E-state index in [1.165, 1.54) is 0 Å².